The zero-order chi connectivity index (χ0) is 13.6. The molecule has 3 rings (SSSR count). The van der Waals surface area contributed by atoms with E-state index in [2.05, 4.69) is 42.7 Å². The lowest BCUT2D eigenvalue weighted by atomic mass is 9.98. The third-order valence-corrected chi connectivity index (χ3v) is 3.67. The van der Waals surface area contributed by atoms with Gasteiger partial charge in [-0.15, -0.1) is 0 Å². The predicted octanol–water partition coefficient (Wildman–Crippen LogP) is 2.44. The first kappa shape index (κ1) is 11.6. The molecule has 0 atom stereocenters. The summed E-state index contributed by atoms with van der Waals surface area (Å²) >= 11 is 0. The maximum Gasteiger partial charge on any atom is 0.0485 e. The minimum absolute atomic E-state index is 0.754. The quantitative estimate of drug-likeness (QED) is 0.513. The van der Waals surface area contributed by atoms with Crippen molar-refractivity contribution in [2.45, 2.75) is 0 Å². The summed E-state index contributed by atoms with van der Waals surface area (Å²) in [6, 6.07) is 12.3. The van der Waals surface area contributed by atoms with Gasteiger partial charge < -0.3 is 11.1 Å². The van der Waals surface area contributed by atoms with Crippen molar-refractivity contribution in [1.82, 2.24) is 0 Å². The lowest BCUT2D eigenvalue weighted by Gasteiger charge is -2.11. The summed E-state index contributed by atoms with van der Waals surface area (Å²) in [5, 5.41) is 9.64. The molecule has 2 heteroatoms. The van der Waals surface area contributed by atoms with E-state index in [0.29, 0.717) is 0 Å². The second-order valence-electron chi connectivity index (χ2n) is 4.74. The molecule has 94 valence electrons. The number of hydrogen-bond acceptors (Lipinski definition) is 2. The molecule has 0 unspecified atom stereocenters. The summed E-state index contributed by atoms with van der Waals surface area (Å²) in [6.07, 6.45) is 0. The van der Waals surface area contributed by atoms with Crippen molar-refractivity contribution in [2.75, 3.05) is 18.1 Å². The van der Waals surface area contributed by atoms with Gasteiger partial charge in [-0.3, -0.25) is 0 Å². The SMILES string of the molecule is C=c1ccc2c(ccc3c(NC)c(=C)ccc32)c1N. The Morgan fingerprint density at radius 1 is 0.789 bits per heavy atom. The summed E-state index contributed by atoms with van der Waals surface area (Å²) in [5.41, 5.74) is 7.94. The van der Waals surface area contributed by atoms with Crippen LogP contribution in [0.15, 0.2) is 36.4 Å². The smallest absolute Gasteiger partial charge is 0.0485 e. The Kier molecular flexibility index (Phi) is 2.46. The highest BCUT2D eigenvalue weighted by Crippen LogP contribution is 2.29. The number of anilines is 2. The largest absolute Gasteiger partial charge is 0.398 e. The van der Waals surface area contributed by atoms with Crippen molar-refractivity contribution in [3.8, 4) is 0 Å². The highest BCUT2D eigenvalue weighted by atomic mass is 14.8. The molecule has 0 amide bonds. The summed E-state index contributed by atoms with van der Waals surface area (Å²) in [6.45, 7) is 8.01. The third-order valence-electron chi connectivity index (χ3n) is 3.67. The monoisotopic (exact) mass is 248 g/mol. The second kappa shape index (κ2) is 4.02. The molecule has 0 aliphatic rings. The summed E-state index contributed by atoms with van der Waals surface area (Å²) in [7, 11) is 1.92. The van der Waals surface area contributed by atoms with E-state index in [1.54, 1.807) is 0 Å². The van der Waals surface area contributed by atoms with Crippen LogP contribution in [0.25, 0.3) is 34.7 Å². The summed E-state index contributed by atoms with van der Waals surface area (Å²) < 4.78 is 0. The Morgan fingerprint density at radius 3 is 2.00 bits per heavy atom. The highest BCUT2D eigenvalue weighted by Gasteiger charge is 2.06. The normalized spacial score (nSPS) is 11.0. The molecule has 0 aromatic heterocycles. The molecule has 0 bridgehead atoms. The van der Waals surface area contributed by atoms with E-state index in [-0.39, 0.29) is 0 Å². The van der Waals surface area contributed by atoms with E-state index < -0.39 is 0 Å². The van der Waals surface area contributed by atoms with Gasteiger partial charge in [-0.2, -0.15) is 0 Å². The van der Waals surface area contributed by atoms with Crippen LogP contribution >= 0.6 is 0 Å². The van der Waals surface area contributed by atoms with Crippen LogP contribution in [-0.4, -0.2) is 7.05 Å². The average Bonchev–Trinajstić information content (AvgIpc) is 2.42. The van der Waals surface area contributed by atoms with Crippen molar-refractivity contribution < 1.29 is 0 Å². The molecule has 3 aromatic rings. The van der Waals surface area contributed by atoms with Gasteiger partial charge in [0.15, 0.2) is 0 Å². The first-order valence-electron chi connectivity index (χ1n) is 6.23. The number of fused-ring (bicyclic) bond motifs is 3. The van der Waals surface area contributed by atoms with Crippen molar-refractivity contribution in [3.63, 3.8) is 0 Å². The standard InChI is InChI=1S/C17H16N2/c1-10-4-6-12-13-7-5-11(2)17(19-3)15(13)9-8-14(12)16(10)18/h4-9,19H,1-2,18H2,3H3. The van der Waals surface area contributed by atoms with Crippen molar-refractivity contribution >= 4 is 46.1 Å². The Morgan fingerprint density at radius 2 is 1.32 bits per heavy atom. The lowest BCUT2D eigenvalue weighted by Crippen LogP contribution is -2.08. The fourth-order valence-corrected chi connectivity index (χ4v) is 2.63. The molecule has 0 fully saturated rings. The second-order valence-corrected chi connectivity index (χ2v) is 4.74. The predicted molar refractivity (Wildman–Crippen MR) is 85.7 cm³/mol. The molecule has 3 aromatic carbocycles. The Bertz CT molecular complexity index is 895. The van der Waals surface area contributed by atoms with Crippen LogP contribution in [0, 0.1) is 0 Å². The van der Waals surface area contributed by atoms with E-state index in [0.717, 1.165) is 32.6 Å². The van der Waals surface area contributed by atoms with Gasteiger partial charge in [0.1, 0.15) is 0 Å². The number of nitrogens with two attached hydrogens (primary N) is 1. The molecule has 0 saturated carbocycles. The Balaban J connectivity index is 2.59. The van der Waals surface area contributed by atoms with Crippen LogP contribution in [0.2, 0.25) is 0 Å². The average molecular weight is 248 g/mol. The van der Waals surface area contributed by atoms with Crippen LogP contribution in [0.4, 0.5) is 11.4 Å². The van der Waals surface area contributed by atoms with Crippen LogP contribution in [0.3, 0.4) is 0 Å². The summed E-state index contributed by atoms with van der Waals surface area (Å²) in [5.74, 6) is 0. The molecular weight excluding hydrogens is 232 g/mol. The van der Waals surface area contributed by atoms with Gasteiger partial charge in [-0.1, -0.05) is 49.6 Å². The number of benzene rings is 3. The van der Waals surface area contributed by atoms with Gasteiger partial charge in [0.25, 0.3) is 0 Å². The minimum atomic E-state index is 0.754. The van der Waals surface area contributed by atoms with Crippen LogP contribution in [0.5, 0.6) is 0 Å². The Hall–Kier alpha value is -2.48. The molecule has 0 spiro atoms. The van der Waals surface area contributed by atoms with Crippen LogP contribution in [-0.2, 0) is 0 Å². The molecule has 2 nitrogen and oxygen atoms in total. The van der Waals surface area contributed by atoms with Crippen LogP contribution < -0.4 is 21.5 Å². The van der Waals surface area contributed by atoms with E-state index in [9.17, 15) is 0 Å². The molecule has 0 heterocycles. The fourth-order valence-electron chi connectivity index (χ4n) is 2.63. The van der Waals surface area contributed by atoms with Gasteiger partial charge in [-0.05, 0) is 21.2 Å². The molecular formula is C17H16N2. The number of hydrogen-bond donors (Lipinski definition) is 2. The molecule has 0 saturated heterocycles. The van der Waals surface area contributed by atoms with E-state index >= 15 is 0 Å². The van der Waals surface area contributed by atoms with Gasteiger partial charge in [0, 0.05) is 29.2 Å². The molecule has 0 radical (unpaired) electrons. The molecule has 0 aliphatic heterocycles. The number of nitrogens with one attached hydrogen (secondary N) is 1. The van der Waals surface area contributed by atoms with Crippen LogP contribution in [0.1, 0.15) is 0 Å². The van der Waals surface area contributed by atoms with Crippen molar-refractivity contribution in [3.05, 3.63) is 46.8 Å². The van der Waals surface area contributed by atoms with Gasteiger partial charge in [0.2, 0.25) is 0 Å². The molecule has 0 aliphatic carbocycles. The zero-order valence-electron chi connectivity index (χ0n) is 11.0. The van der Waals surface area contributed by atoms with E-state index in [4.69, 9.17) is 5.73 Å². The third kappa shape index (κ3) is 1.57. The van der Waals surface area contributed by atoms with E-state index in [1.807, 2.05) is 19.2 Å². The number of nitrogen functional groups attached to an aromatic ring is 1. The zero-order valence-corrected chi connectivity index (χ0v) is 11.0. The number of rotatable bonds is 1. The van der Waals surface area contributed by atoms with Crippen molar-refractivity contribution in [2.24, 2.45) is 0 Å². The molecule has 19 heavy (non-hydrogen) atoms. The first-order chi connectivity index (χ1) is 9.13. The highest BCUT2D eigenvalue weighted by molar-refractivity contribution is 6.14. The van der Waals surface area contributed by atoms with Gasteiger partial charge >= 0.3 is 0 Å². The maximum absolute atomic E-state index is 6.12. The van der Waals surface area contributed by atoms with Crippen molar-refractivity contribution in [1.29, 1.82) is 0 Å². The lowest BCUT2D eigenvalue weighted by molar-refractivity contribution is 1.51. The van der Waals surface area contributed by atoms with Gasteiger partial charge in [0.05, 0.1) is 0 Å². The maximum atomic E-state index is 6.12. The molecule has 3 N–H and O–H groups in total. The minimum Gasteiger partial charge on any atom is -0.398 e. The topological polar surface area (TPSA) is 38.0 Å². The van der Waals surface area contributed by atoms with Gasteiger partial charge in [-0.25, -0.2) is 0 Å². The summed E-state index contributed by atoms with van der Waals surface area (Å²) in [4.78, 5) is 0. The van der Waals surface area contributed by atoms with E-state index in [1.165, 1.54) is 10.8 Å². The Labute approximate surface area is 111 Å². The fraction of sp³-hybridized carbons (Fsp3) is 0.0588. The first-order valence-corrected chi connectivity index (χ1v) is 6.23.